The first-order valence-electron chi connectivity index (χ1n) is 5.96. The number of hydrogen-bond acceptors (Lipinski definition) is 5. The molecule has 0 aliphatic rings. The largest absolute Gasteiger partial charge is 0.465 e. The van der Waals surface area contributed by atoms with Crippen LogP contribution in [-0.2, 0) is 16.1 Å². The first-order chi connectivity index (χ1) is 9.99. The zero-order valence-corrected chi connectivity index (χ0v) is 11.9. The molecule has 8 heteroatoms. The van der Waals surface area contributed by atoms with Gasteiger partial charge in [0.05, 0.1) is 23.4 Å². The van der Waals surface area contributed by atoms with Crippen LogP contribution in [0.15, 0.2) is 30.5 Å². The molecule has 0 aliphatic heterocycles. The van der Waals surface area contributed by atoms with E-state index in [-0.39, 0.29) is 12.5 Å². The standard InChI is InChI=1S/C13H13ClN4O3/c1-21-13(20)8-2-3-9(14)10(6-8)16-12(19)7-18-5-4-11(15)17-18/h2-6H,7H2,1H3,(H2,15,17)(H,16,19). The highest BCUT2D eigenvalue weighted by atomic mass is 35.5. The number of nitrogens with one attached hydrogen (secondary N) is 1. The van der Waals surface area contributed by atoms with Gasteiger partial charge in [-0.2, -0.15) is 5.10 Å². The van der Waals surface area contributed by atoms with E-state index in [2.05, 4.69) is 15.2 Å². The number of amides is 1. The van der Waals surface area contributed by atoms with Crippen LogP contribution in [0.5, 0.6) is 0 Å². The van der Waals surface area contributed by atoms with Crippen LogP contribution in [0, 0.1) is 0 Å². The third-order valence-corrected chi connectivity index (χ3v) is 2.96. The van der Waals surface area contributed by atoms with Crippen molar-refractivity contribution in [2.24, 2.45) is 0 Å². The maximum Gasteiger partial charge on any atom is 0.337 e. The van der Waals surface area contributed by atoms with E-state index in [1.165, 1.54) is 30.0 Å². The summed E-state index contributed by atoms with van der Waals surface area (Å²) in [7, 11) is 1.28. The molecule has 110 valence electrons. The van der Waals surface area contributed by atoms with E-state index in [1.54, 1.807) is 12.3 Å². The molecular weight excluding hydrogens is 296 g/mol. The molecule has 0 fully saturated rings. The fourth-order valence-corrected chi connectivity index (χ4v) is 1.83. The van der Waals surface area contributed by atoms with Crippen molar-refractivity contribution in [3.63, 3.8) is 0 Å². The molecule has 0 aliphatic carbocycles. The number of nitrogens with zero attached hydrogens (tertiary/aromatic N) is 2. The number of halogens is 1. The number of anilines is 2. The molecule has 0 spiro atoms. The van der Waals surface area contributed by atoms with Crippen molar-refractivity contribution >= 4 is 35.0 Å². The number of carbonyl (C=O) groups excluding carboxylic acids is 2. The van der Waals surface area contributed by atoms with E-state index in [1.807, 2.05) is 0 Å². The first-order valence-corrected chi connectivity index (χ1v) is 6.34. The Bertz CT molecular complexity index is 684. The van der Waals surface area contributed by atoms with Gasteiger partial charge in [-0.15, -0.1) is 0 Å². The second-order valence-corrected chi connectivity index (χ2v) is 4.58. The van der Waals surface area contributed by atoms with Crippen LogP contribution in [0.1, 0.15) is 10.4 Å². The Hall–Kier alpha value is -2.54. The topological polar surface area (TPSA) is 99.2 Å². The third-order valence-electron chi connectivity index (χ3n) is 2.63. The number of nitrogen functional groups attached to an aromatic ring is 1. The predicted molar refractivity (Wildman–Crippen MR) is 78.1 cm³/mol. The molecule has 21 heavy (non-hydrogen) atoms. The lowest BCUT2D eigenvalue weighted by atomic mass is 10.2. The Balaban J connectivity index is 2.11. The summed E-state index contributed by atoms with van der Waals surface area (Å²) in [5, 5.41) is 6.82. The molecule has 0 unspecified atom stereocenters. The zero-order chi connectivity index (χ0) is 15.4. The Kier molecular flexibility index (Phi) is 4.44. The van der Waals surface area contributed by atoms with Crippen molar-refractivity contribution in [2.75, 3.05) is 18.2 Å². The summed E-state index contributed by atoms with van der Waals surface area (Å²) in [4.78, 5) is 23.4. The molecule has 1 amide bonds. The van der Waals surface area contributed by atoms with E-state index in [9.17, 15) is 9.59 Å². The molecule has 0 saturated carbocycles. The molecular formula is C13H13ClN4O3. The predicted octanol–water partition coefficient (Wildman–Crippen LogP) is 1.54. The number of esters is 1. The average molecular weight is 309 g/mol. The first kappa shape index (κ1) is 14.9. The van der Waals surface area contributed by atoms with Crippen LogP contribution in [-0.4, -0.2) is 28.8 Å². The van der Waals surface area contributed by atoms with Crippen molar-refractivity contribution in [2.45, 2.75) is 6.54 Å². The van der Waals surface area contributed by atoms with E-state index in [0.717, 1.165) is 0 Å². The maximum absolute atomic E-state index is 11.9. The molecule has 3 N–H and O–H groups in total. The quantitative estimate of drug-likeness (QED) is 0.835. The number of rotatable bonds is 4. The van der Waals surface area contributed by atoms with Gasteiger partial charge in [0.15, 0.2) is 0 Å². The van der Waals surface area contributed by atoms with Gasteiger partial charge in [-0.1, -0.05) is 11.6 Å². The number of hydrogen-bond donors (Lipinski definition) is 2. The lowest BCUT2D eigenvalue weighted by Gasteiger charge is -2.09. The van der Waals surface area contributed by atoms with Crippen LogP contribution < -0.4 is 11.1 Å². The van der Waals surface area contributed by atoms with Crippen molar-refractivity contribution < 1.29 is 14.3 Å². The second-order valence-electron chi connectivity index (χ2n) is 4.17. The van der Waals surface area contributed by atoms with E-state index in [4.69, 9.17) is 17.3 Å². The number of carbonyl (C=O) groups is 2. The van der Waals surface area contributed by atoms with Gasteiger partial charge in [0.2, 0.25) is 5.91 Å². The SMILES string of the molecule is COC(=O)c1ccc(Cl)c(NC(=O)Cn2ccc(N)n2)c1. The van der Waals surface area contributed by atoms with Crippen LogP contribution >= 0.6 is 11.6 Å². The van der Waals surface area contributed by atoms with Crippen LogP contribution in [0.3, 0.4) is 0 Å². The molecule has 0 atom stereocenters. The van der Waals surface area contributed by atoms with Gasteiger partial charge in [0, 0.05) is 6.20 Å². The summed E-state index contributed by atoms with van der Waals surface area (Å²) in [6.45, 7) is -0.0179. The summed E-state index contributed by atoms with van der Waals surface area (Å²) in [6.07, 6.45) is 1.58. The van der Waals surface area contributed by atoms with E-state index < -0.39 is 5.97 Å². The number of aromatic nitrogens is 2. The molecule has 0 bridgehead atoms. The summed E-state index contributed by atoms with van der Waals surface area (Å²) >= 11 is 5.99. The summed E-state index contributed by atoms with van der Waals surface area (Å²) < 4.78 is 6.00. The molecule has 1 heterocycles. The zero-order valence-electron chi connectivity index (χ0n) is 11.2. The van der Waals surface area contributed by atoms with Gasteiger partial charge in [-0.25, -0.2) is 4.79 Å². The summed E-state index contributed by atoms with van der Waals surface area (Å²) in [6, 6.07) is 6.05. The normalized spacial score (nSPS) is 10.2. The van der Waals surface area contributed by atoms with Crippen molar-refractivity contribution in [1.29, 1.82) is 0 Å². The highest BCUT2D eigenvalue weighted by Gasteiger charge is 2.11. The van der Waals surface area contributed by atoms with Crippen molar-refractivity contribution in [3.8, 4) is 0 Å². The Morgan fingerprint density at radius 3 is 2.81 bits per heavy atom. The minimum Gasteiger partial charge on any atom is -0.465 e. The van der Waals surface area contributed by atoms with Gasteiger partial charge in [-0.05, 0) is 24.3 Å². The molecule has 0 saturated heterocycles. The fraction of sp³-hybridized carbons (Fsp3) is 0.154. The summed E-state index contributed by atoms with van der Waals surface area (Å²) in [5.74, 6) is -0.530. The van der Waals surface area contributed by atoms with Gasteiger partial charge < -0.3 is 15.8 Å². The Morgan fingerprint density at radius 2 is 2.19 bits per heavy atom. The smallest absolute Gasteiger partial charge is 0.337 e. The number of benzene rings is 1. The number of nitrogens with two attached hydrogens (primary N) is 1. The number of methoxy groups -OCH3 is 1. The van der Waals surface area contributed by atoms with Crippen LogP contribution in [0.25, 0.3) is 0 Å². The molecule has 1 aromatic heterocycles. The summed E-state index contributed by atoms with van der Waals surface area (Å²) in [5.41, 5.74) is 6.08. The van der Waals surface area contributed by atoms with E-state index >= 15 is 0 Å². The van der Waals surface area contributed by atoms with Crippen molar-refractivity contribution in [1.82, 2.24) is 9.78 Å². The maximum atomic E-state index is 11.9. The molecule has 0 radical (unpaired) electrons. The van der Waals surface area contributed by atoms with Gasteiger partial charge >= 0.3 is 5.97 Å². The van der Waals surface area contributed by atoms with Gasteiger partial charge in [0.25, 0.3) is 0 Å². The Labute approximate surface area is 125 Å². The number of ether oxygens (including phenoxy) is 1. The van der Waals surface area contributed by atoms with Crippen LogP contribution in [0.2, 0.25) is 5.02 Å². The average Bonchev–Trinajstić information content (AvgIpc) is 2.85. The minimum atomic E-state index is -0.512. The minimum absolute atomic E-state index is 0.0179. The van der Waals surface area contributed by atoms with Crippen molar-refractivity contribution in [3.05, 3.63) is 41.0 Å². The molecule has 1 aromatic carbocycles. The van der Waals surface area contributed by atoms with Crippen LogP contribution in [0.4, 0.5) is 11.5 Å². The monoisotopic (exact) mass is 308 g/mol. The van der Waals surface area contributed by atoms with Gasteiger partial charge in [-0.3, -0.25) is 9.48 Å². The second kappa shape index (κ2) is 6.27. The van der Waals surface area contributed by atoms with Gasteiger partial charge in [0.1, 0.15) is 12.4 Å². The lowest BCUT2D eigenvalue weighted by Crippen LogP contribution is -2.19. The Morgan fingerprint density at radius 1 is 1.43 bits per heavy atom. The highest BCUT2D eigenvalue weighted by Crippen LogP contribution is 2.23. The lowest BCUT2D eigenvalue weighted by molar-refractivity contribution is -0.116. The molecule has 2 rings (SSSR count). The fourth-order valence-electron chi connectivity index (χ4n) is 1.67. The highest BCUT2D eigenvalue weighted by molar-refractivity contribution is 6.33. The molecule has 2 aromatic rings. The van der Waals surface area contributed by atoms with E-state index in [0.29, 0.717) is 22.1 Å². The third kappa shape index (κ3) is 3.73. The molecule has 7 nitrogen and oxygen atoms in total.